The van der Waals surface area contributed by atoms with Crippen molar-refractivity contribution in [1.82, 2.24) is 10.2 Å². The second-order valence-corrected chi connectivity index (χ2v) is 5.90. The lowest BCUT2D eigenvalue weighted by molar-refractivity contribution is 0.123. The summed E-state index contributed by atoms with van der Waals surface area (Å²) in [6.45, 7) is 12.5. The van der Waals surface area contributed by atoms with E-state index in [1.54, 1.807) is 0 Å². The van der Waals surface area contributed by atoms with Crippen LogP contribution in [0.4, 0.5) is 0 Å². The Morgan fingerprint density at radius 3 is 2.15 bits per heavy atom. The predicted molar refractivity (Wildman–Crippen MR) is 58.0 cm³/mol. The summed E-state index contributed by atoms with van der Waals surface area (Å²) >= 11 is 0. The van der Waals surface area contributed by atoms with Crippen LogP contribution in [-0.4, -0.2) is 35.6 Å². The van der Waals surface area contributed by atoms with Crippen molar-refractivity contribution in [2.24, 2.45) is 0 Å². The average molecular weight is 184 g/mol. The molecule has 0 aliphatic carbocycles. The van der Waals surface area contributed by atoms with E-state index in [-0.39, 0.29) is 5.54 Å². The third-order valence-electron chi connectivity index (χ3n) is 3.17. The van der Waals surface area contributed by atoms with Crippen molar-refractivity contribution in [2.45, 2.75) is 58.2 Å². The van der Waals surface area contributed by atoms with Crippen LogP contribution in [0.1, 0.15) is 41.0 Å². The summed E-state index contributed by atoms with van der Waals surface area (Å²) in [6.07, 6.45) is 1.25. The second kappa shape index (κ2) is 3.25. The quantitative estimate of drug-likeness (QED) is 0.669. The van der Waals surface area contributed by atoms with Gasteiger partial charge < -0.3 is 5.32 Å². The molecule has 1 N–H and O–H groups in total. The third kappa shape index (κ3) is 2.68. The Hall–Kier alpha value is -0.0800. The highest BCUT2D eigenvalue weighted by Crippen LogP contribution is 2.25. The summed E-state index contributed by atoms with van der Waals surface area (Å²) in [4.78, 5) is 2.48. The molecule has 1 rings (SSSR count). The number of rotatable bonds is 1. The Kier molecular flexibility index (Phi) is 2.75. The zero-order valence-corrected chi connectivity index (χ0v) is 9.94. The maximum Gasteiger partial charge on any atom is 0.0240 e. The van der Waals surface area contributed by atoms with Crippen LogP contribution in [0.25, 0.3) is 0 Å². The number of likely N-dealkylation sites (N-methyl/N-ethyl adjacent to an activating group) is 1. The van der Waals surface area contributed by atoms with Crippen molar-refractivity contribution in [3.05, 3.63) is 0 Å². The largest absolute Gasteiger partial charge is 0.310 e. The van der Waals surface area contributed by atoms with Gasteiger partial charge in [0.25, 0.3) is 0 Å². The summed E-state index contributed by atoms with van der Waals surface area (Å²) in [5, 5.41) is 3.56. The van der Waals surface area contributed by atoms with E-state index in [9.17, 15) is 0 Å². The number of hydrogen-bond donors (Lipinski definition) is 1. The zero-order chi connectivity index (χ0) is 10.3. The van der Waals surface area contributed by atoms with Gasteiger partial charge in [-0.1, -0.05) is 0 Å². The molecular formula is C11H24N2. The van der Waals surface area contributed by atoms with Gasteiger partial charge in [-0.2, -0.15) is 0 Å². The first-order valence-electron chi connectivity index (χ1n) is 5.20. The van der Waals surface area contributed by atoms with E-state index in [0.717, 1.165) is 6.54 Å². The molecule has 78 valence electrons. The topological polar surface area (TPSA) is 15.3 Å². The van der Waals surface area contributed by atoms with Crippen LogP contribution < -0.4 is 5.32 Å². The van der Waals surface area contributed by atoms with Gasteiger partial charge in [0.2, 0.25) is 0 Å². The first-order valence-corrected chi connectivity index (χ1v) is 5.20. The smallest absolute Gasteiger partial charge is 0.0240 e. The third-order valence-corrected chi connectivity index (χ3v) is 3.17. The molecule has 2 heteroatoms. The van der Waals surface area contributed by atoms with Gasteiger partial charge in [-0.3, -0.25) is 4.90 Å². The van der Waals surface area contributed by atoms with Crippen LogP contribution in [0.5, 0.6) is 0 Å². The molecule has 0 bridgehead atoms. The van der Waals surface area contributed by atoms with Crippen LogP contribution in [-0.2, 0) is 0 Å². The normalized spacial score (nSPS) is 28.4. The molecule has 1 saturated heterocycles. The van der Waals surface area contributed by atoms with Crippen LogP contribution in [0.2, 0.25) is 0 Å². The minimum Gasteiger partial charge on any atom is -0.310 e. The van der Waals surface area contributed by atoms with E-state index in [4.69, 9.17) is 0 Å². The van der Waals surface area contributed by atoms with E-state index >= 15 is 0 Å². The SMILES string of the molecule is CN(C1CNC(C)(C)C1)C(C)(C)C. The molecule has 1 heterocycles. The van der Waals surface area contributed by atoms with Gasteiger partial charge in [0, 0.05) is 23.7 Å². The fraction of sp³-hybridized carbons (Fsp3) is 1.00. The van der Waals surface area contributed by atoms with Crippen molar-refractivity contribution in [3.63, 3.8) is 0 Å². The molecule has 0 aromatic rings. The summed E-state index contributed by atoms with van der Waals surface area (Å²) in [7, 11) is 2.23. The Balaban J connectivity index is 2.57. The van der Waals surface area contributed by atoms with Crippen LogP contribution in [0, 0.1) is 0 Å². The van der Waals surface area contributed by atoms with Gasteiger partial charge in [-0.05, 0) is 48.1 Å². The van der Waals surface area contributed by atoms with Crippen molar-refractivity contribution in [3.8, 4) is 0 Å². The molecule has 2 nitrogen and oxygen atoms in total. The molecule has 0 aromatic carbocycles. The second-order valence-electron chi connectivity index (χ2n) is 5.90. The van der Waals surface area contributed by atoms with E-state index < -0.39 is 0 Å². The Morgan fingerprint density at radius 2 is 1.85 bits per heavy atom. The van der Waals surface area contributed by atoms with E-state index in [1.807, 2.05) is 0 Å². The minimum absolute atomic E-state index is 0.284. The lowest BCUT2D eigenvalue weighted by atomic mass is 9.97. The van der Waals surface area contributed by atoms with E-state index in [2.05, 4.69) is 51.9 Å². The Morgan fingerprint density at radius 1 is 1.31 bits per heavy atom. The van der Waals surface area contributed by atoms with Gasteiger partial charge in [-0.15, -0.1) is 0 Å². The lowest BCUT2D eigenvalue weighted by Crippen LogP contribution is -2.46. The highest BCUT2D eigenvalue weighted by molar-refractivity contribution is 4.96. The highest BCUT2D eigenvalue weighted by atomic mass is 15.2. The molecule has 0 amide bonds. The Labute approximate surface area is 82.7 Å². The number of nitrogens with one attached hydrogen (secondary N) is 1. The average Bonchev–Trinajstić information content (AvgIpc) is 2.26. The van der Waals surface area contributed by atoms with Gasteiger partial charge in [0.05, 0.1) is 0 Å². The van der Waals surface area contributed by atoms with Crippen LogP contribution in [0.3, 0.4) is 0 Å². The fourth-order valence-electron chi connectivity index (χ4n) is 1.95. The molecule has 0 spiro atoms. The summed E-state index contributed by atoms with van der Waals surface area (Å²) < 4.78 is 0. The van der Waals surface area contributed by atoms with Crippen molar-refractivity contribution < 1.29 is 0 Å². The molecule has 1 aliphatic heterocycles. The van der Waals surface area contributed by atoms with Crippen molar-refractivity contribution in [1.29, 1.82) is 0 Å². The van der Waals surface area contributed by atoms with Gasteiger partial charge in [0.1, 0.15) is 0 Å². The molecular weight excluding hydrogens is 160 g/mol. The maximum atomic E-state index is 3.56. The standard InChI is InChI=1S/C11H24N2/c1-10(2,3)13(6)9-7-11(4,5)12-8-9/h9,12H,7-8H2,1-6H3. The number of nitrogens with zero attached hydrogens (tertiary/aromatic N) is 1. The molecule has 1 fully saturated rings. The number of hydrogen-bond acceptors (Lipinski definition) is 2. The van der Waals surface area contributed by atoms with E-state index in [0.29, 0.717) is 11.6 Å². The molecule has 1 unspecified atom stereocenters. The van der Waals surface area contributed by atoms with Crippen LogP contribution in [0.15, 0.2) is 0 Å². The molecule has 0 aromatic heterocycles. The zero-order valence-electron chi connectivity index (χ0n) is 9.94. The summed E-state index contributed by atoms with van der Waals surface area (Å²) in [6, 6.07) is 0.690. The van der Waals surface area contributed by atoms with Gasteiger partial charge in [0.15, 0.2) is 0 Å². The molecule has 1 aliphatic rings. The molecule has 0 saturated carbocycles. The monoisotopic (exact) mass is 184 g/mol. The van der Waals surface area contributed by atoms with E-state index in [1.165, 1.54) is 6.42 Å². The van der Waals surface area contributed by atoms with Gasteiger partial charge in [-0.25, -0.2) is 0 Å². The molecule has 1 atom stereocenters. The van der Waals surface area contributed by atoms with Crippen molar-refractivity contribution in [2.75, 3.05) is 13.6 Å². The summed E-state index contributed by atoms with van der Waals surface area (Å²) in [5.41, 5.74) is 0.608. The Bertz CT molecular complexity index is 179. The predicted octanol–water partition coefficient (Wildman–Crippen LogP) is 1.86. The lowest BCUT2D eigenvalue weighted by Gasteiger charge is -2.37. The highest BCUT2D eigenvalue weighted by Gasteiger charge is 2.35. The molecule has 0 radical (unpaired) electrons. The fourth-order valence-corrected chi connectivity index (χ4v) is 1.95. The van der Waals surface area contributed by atoms with Crippen molar-refractivity contribution >= 4 is 0 Å². The minimum atomic E-state index is 0.284. The van der Waals surface area contributed by atoms with Gasteiger partial charge >= 0.3 is 0 Å². The van der Waals surface area contributed by atoms with Crippen LogP contribution >= 0.6 is 0 Å². The maximum absolute atomic E-state index is 3.56. The molecule has 13 heavy (non-hydrogen) atoms. The first-order chi connectivity index (χ1) is 5.72. The first kappa shape index (κ1) is 11.0. The summed E-state index contributed by atoms with van der Waals surface area (Å²) in [5.74, 6) is 0.